The summed E-state index contributed by atoms with van der Waals surface area (Å²) in [5, 5.41) is 14.2. The summed E-state index contributed by atoms with van der Waals surface area (Å²) in [5.41, 5.74) is 0.564. The van der Waals surface area contributed by atoms with Crippen LogP contribution < -0.4 is 5.32 Å². The molecule has 1 heterocycles. The Labute approximate surface area is 162 Å². The van der Waals surface area contributed by atoms with Gasteiger partial charge in [-0.3, -0.25) is 9.69 Å². The van der Waals surface area contributed by atoms with Gasteiger partial charge in [-0.25, -0.2) is 0 Å². The molecule has 0 fully saturated rings. The van der Waals surface area contributed by atoms with E-state index in [2.05, 4.69) is 34.3 Å². The number of carbonyl (C=O) groups excluding carboxylic acids is 1. The van der Waals surface area contributed by atoms with E-state index in [1.807, 2.05) is 0 Å². The number of nitrogens with zero attached hydrogens (tertiary/aromatic N) is 3. The van der Waals surface area contributed by atoms with Gasteiger partial charge in [-0.2, -0.15) is 0 Å². The van der Waals surface area contributed by atoms with E-state index in [1.165, 1.54) is 0 Å². The summed E-state index contributed by atoms with van der Waals surface area (Å²) in [6.45, 7) is 5.91. The number of anilines is 1. The van der Waals surface area contributed by atoms with Crippen molar-refractivity contribution in [2.75, 3.05) is 18.4 Å². The molecule has 0 aliphatic heterocycles. The van der Waals surface area contributed by atoms with Crippen molar-refractivity contribution in [1.82, 2.24) is 15.1 Å². The first-order chi connectivity index (χ1) is 12.0. The van der Waals surface area contributed by atoms with Crippen molar-refractivity contribution in [3.8, 4) is 0 Å². The first-order valence-electron chi connectivity index (χ1n) is 8.30. The van der Waals surface area contributed by atoms with E-state index in [0.29, 0.717) is 22.3 Å². The van der Waals surface area contributed by atoms with Crippen molar-refractivity contribution in [3.05, 3.63) is 38.3 Å². The third kappa shape index (κ3) is 6.55. The molecular formula is C17H22Cl2N4OS. The Morgan fingerprint density at radius 3 is 2.64 bits per heavy atom. The molecule has 0 aliphatic rings. The molecular weight excluding hydrogens is 379 g/mol. The summed E-state index contributed by atoms with van der Waals surface area (Å²) in [4.78, 5) is 14.4. The van der Waals surface area contributed by atoms with Crippen molar-refractivity contribution in [2.24, 2.45) is 0 Å². The molecule has 136 valence electrons. The van der Waals surface area contributed by atoms with Crippen LogP contribution in [0.1, 0.15) is 36.7 Å². The number of aromatic nitrogens is 2. The van der Waals surface area contributed by atoms with Crippen molar-refractivity contribution in [3.63, 3.8) is 0 Å². The minimum absolute atomic E-state index is 0.115. The van der Waals surface area contributed by atoms with Gasteiger partial charge in [0.1, 0.15) is 10.0 Å². The highest BCUT2D eigenvalue weighted by Crippen LogP contribution is 2.25. The van der Waals surface area contributed by atoms with Gasteiger partial charge in [-0.1, -0.05) is 37.0 Å². The Bertz CT molecular complexity index is 708. The van der Waals surface area contributed by atoms with Crippen molar-refractivity contribution in [2.45, 2.75) is 39.7 Å². The monoisotopic (exact) mass is 400 g/mol. The van der Waals surface area contributed by atoms with Crippen LogP contribution in [0.2, 0.25) is 10.0 Å². The van der Waals surface area contributed by atoms with Gasteiger partial charge in [-0.15, -0.1) is 21.5 Å². The molecule has 0 bridgehead atoms. The smallest absolute Gasteiger partial charge is 0.238 e. The SMILES string of the molecule is CCCc1nnc(CN(CCC)CC(=O)Nc2ccc(Cl)cc2Cl)s1. The predicted molar refractivity (Wildman–Crippen MR) is 105 cm³/mol. The molecule has 0 atom stereocenters. The van der Waals surface area contributed by atoms with Crippen LogP contribution in [0, 0.1) is 0 Å². The largest absolute Gasteiger partial charge is 0.324 e. The van der Waals surface area contributed by atoms with E-state index in [0.717, 1.165) is 35.8 Å². The average Bonchev–Trinajstić information content (AvgIpc) is 2.98. The van der Waals surface area contributed by atoms with Crippen molar-refractivity contribution >= 4 is 46.1 Å². The fourth-order valence-electron chi connectivity index (χ4n) is 2.37. The molecule has 1 aromatic carbocycles. The number of benzene rings is 1. The minimum Gasteiger partial charge on any atom is -0.324 e. The van der Waals surface area contributed by atoms with Gasteiger partial charge in [0, 0.05) is 11.4 Å². The summed E-state index contributed by atoms with van der Waals surface area (Å²) in [6.07, 6.45) is 2.95. The molecule has 0 spiro atoms. The molecule has 2 rings (SSSR count). The van der Waals surface area contributed by atoms with Gasteiger partial charge in [0.15, 0.2) is 0 Å². The van der Waals surface area contributed by atoms with Gasteiger partial charge in [0.25, 0.3) is 0 Å². The van der Waals surface area contributed by atoms with Crippen LogP contribution in [0.5, 0.6) is 0 Å². The Morgan fingerprint density at radius 1 is 1.20 bits per heavy atom. The maximum absolute atomic E-state index is 12.4. The second kappa shape index (κ2) is 10.1. The first kappa shape index (κ1) is 20.1. The fraction of sp³-hybridized carbons (Fsp3) is 0.471. The number of aryl methyl sites for hydroxylation is 1. The Kier molecular flexibility index (Phi) is 8.09. The fourth-order valence-corrected chi connectivity index (χ4v) is 3.82. The lowest BCUT2D eigenvalue weighted by Crippen LogP contribution is -2.33. The van der Waals surface area contributed by atoms with Gasteiger partial charge < -0.3 is 5.32 Å². The number of hydrogen-bond donors (Lipinski definition) is 1. The Hall–Kier alpha value is -1.21. The number of nitrogens with one attached hydrogen (secondary N) is 1. The van der Waals surface area contributed by atoms with Gasteiger partial charge >= 0.3 is 0 Å². The molecule has 0 unspecified atom stereocenters. The van der Waals surface area contributed by atoms with E-state index in [4.69, 9.17) is 23.2 Å². The average molecular weight is 401 g/mol. The Morgan fingerprint density at radius 2 is 1.96 bits per heavy atom. The molecule has 0 saturated heterocycles. The molecule has 8 heteroatoms. The number of carbonyl (C=O) groups is 1. The summed E-state index contributed by atoms with van der Waals surface area (Å²) in [6, 6.07) is 5.01. The van der Waals surface area contributed by atoms with E-state index < -0.39 is 0 Å². The lowest BCUT2D eigenvalue weighted by atomic mass is 10.3. The molecule has 1 N–H and O–H groups in total. The molecule has 0 saturated carbocycles. The van der Waals surface area contributed by atoms with Crippen LogP contribution in [-0.4, -0.2) is 34.1 Å². The van der Waals surface area contributed by atoms with Crippen LogP contribution in [-0.2, 0) is 17.8 Å². The first-order valence-corrected chi connectivity index (χ1v) is 9.87. The van der Waals surface area contributed by atoms with Crippen LogP contribution in [0.15, 0.2) is 18.2 Å². The number of amides is 1. The molecule has 0 radical (unpaired) electrons. The standard InChI is InChI=1S/C17H22Cl2N4OS/c1-3-5-16-21-22-17(25-16)11-23(8-4-2)10-15(24)20-14-7-6-12(18)9-13(14)19/h6-7,9H,3-5,8,10-11H2,1-2H3,(H,20,24). The van der Waals surface area contributed by atoms with Gasteiger partial charge in [0.2, 0.25) is 5.91 Å². The summed E-state index contributed by atoms with van der Waals surface area (Å²) < 4.78 is 0. The molecule has 0 aliphatic carbocycles. The molecule has 25 heavy (non-hydrogen) atoms. The maximum atomic E-state index is 12.4. The minimum atomic E-state index is -0.115. The quantitative estimate of drug-likeness (QED) is 0.665. The van der Waals surface area contributed by atoms with Crippen LogP contribution in [0.4, 0.5) is 5.69 Å². The predicted octanol–water partition coefficient (Wildman–Crippen LogP) is 4.65. The lowest BCUT2D eigenvalue weighted by molar-refractivity contribution is -0.117. The van der Waals surface area contributed by atoms with E-state index in [-0.39, 0.29) is 12.5 Å². The third-order valence-corrected chi connectivity index (χ3v) is 4.96. The lowest BCUT2D eigenvalue weighted by Gasteiger charge is -2.19. The maximum Gasteiger partial charge on any atom is 0.238 e. The zero-order valence-corrected chi connectivity index (χ0v) is 16.7. The van der Waals surface area contributed by atoms with Gasteiger partial charge in [-0.05, 0) is 37.6 Å². The highest BCUT2D eigenvalue weighted by atomic mass is 35.5. The van der Waals surface area contributed by atoms with Crippen molar-refractivity contribution < 1.29 is 4.79 Å². The second-order valence-electron chi connectivity index (χ2n) is 5.72. The van der Waals surface area contributed by atoms with Crippen LogP contribution in [0.25, 0.3) is 0 Å². The zero-order valence-electron chi connectivity index (χ0n) is 14.4. The molecule has 5 nitrogen and oxygen atoms in total. The molecule has 2 aromatic rings. The highest BCUT2D eigenvalue weighted by molar-refractivity contribution is 7.11. The van der Waals surface area contributed by atoms with E-state index in [1.54, 1.807) is 29.5 Å². The second-order valence-corrected chi connectivity index (χ2v) is 7.71. The van der Waals surface area contributed by atoms with Crippen LogP contribution >= 0.6 is 34.5 Å². The summed E-state index contributed by atoms with van der Waals surface area (Å²) in [5.74, 6) is -0.115. The zero-order chi connectivity index (χ0) is 18.2. The van der Waals surface area contributed by atoms with E-state index >= 15 is 0 Å². The molecule has 1 aromatic heterocycles. The topological polar surface area (TPSA) is 58.1 Å². The summed E-state index contributed by atoms with van der Waals surface area (Å²) in [7, 11) is 0. The number of rotatable bonds is 9. The number of hydrogen-bond acceptors (Lipinski definition) is 5. The van der Waals surface area contributed by atoms with Gasteiger partial charge in [0.05, 0.1) is 23.8 Å². The highest BCUT2D eigenvalue weighted by Gasteiger charge is 2.14. The van der Waals surface area contributed by atoms with Crippen LogP contribution in [0.3, 0.4) is 0 Å². The molecule has 1 amide bonds. The third-order valence-electron chi connectivity index (χ3n) is 3.44. The Balaban J connectivity index is 1.95. The van der Waals surface area contributed by atoms with Crippen molar-refractivity contribution in [1.29, 1.82) is 0 Å². The van der Waals surface area contributed by atoms with E-state index in [9.17, 15) is 4.79 Å². The normalized spacial score (nSPS) is 11.1. The summed E-state index contributed by atoms with van der Waals surface area (Å²) >= 11 is 13.6. The number of halogens is 2.